The second-order valence-corrected chi connectivity index (χ2v) is 8.03. The van der Waals surface area contributed by atoms with E-state index in [9.17, 15) is 0 Å². The topological polar surface area (TPSA) is 70.0 Å². The van der Waals surface area contributed by atoms with Crippen LogP contribution in [0.4, 0.5) is 0 Å². The van der Waals surface area contributed by atoms with Crippen molar-refractivity contribution in [3.8, 4) is 0 Å². The number of rotatable bonds is 0. The van der Waals surface area contributed by atoms with Crippen molar-refractivity contribution in [2.75, 3.05) is 13.2 Å². The lowest BCUT2D eigenvalue weighted by atomic mass is 10.2. The molecule has 0 spiro atoms. The molecule has 0 saturated carbocycles. The molecule has 1 saturated heterocycles. The molecule has 0 radical (unpaired) electrons. The van der Waals surface area contributed by atoms with E-state index in [4.69, 9.17) is 9.47 Å². The first-order chi connectivity index (χ1) is 15.2. The lowest BCUT2D eigenvalue weighted by molar-refractivity contribution is -0.187. The zero-order chi connectivity index (χ0) is 23.9. The summed E-state index contributed by atoms with van der Waals surface area (Å²) >= 11 is 0. The van der Waals surface area contributed by atoms with Crippen molar-refractivity contribution in [3.63, 3.8) is 0 Å². The Labute approximate surface area is 193 Å². The largest absolute Gasteiger partial charge is 0.353 e. The molecule has 0 aliphatic carbocycles. The highest BCUT2D eigenvalue weighted by Crippen LogP contribution is 2.08. The van der Waals surface area contributed by atoms with E-state index in [2.05, 4.69) is 52.8 Å². The molecule has 0 amide bonds. The van der Waals surface area contributed by atoms with Gasteiger partial charge in [0.2, 0.25) is 0 Å². The van der Waals surface area contributed by atoms with Crippen LogP contribution in [0, 0.1) is 47.5 Å². The first-order valence-electron chi connectivity index (χ1n) is 10.9. The fourth-order valence-corrected chi connectivity index (χ4v) is 2.40. The lowest BCUT2D eigenvalue weighted by Gasteiger charge is -2.24. The standard InChI is InChI=1S/2C7H9N.C6H8N2.C6H12O2/c1-6-3-4-8-7(2)5-6;1-6-4-3-5-8-7(6)2;2*1-5-3-7-6(2)8-4-5/h2*3-5H,1-2H3;3-4H,1-2H3;5-6H,3-4H2,1-2H3. The summed E-state index contributed by atoms with van der Waals surface area (Å²) in [4.78, 5) is 16.1. The quantitative estimate of drug-likeness (QED) is 0.461. The highest BCUT2D eigenvalue weighted by Gasteiger charge is 2.13. The van der Waals surface area contributed by atoms with Crippen LogP contribution < -0.4 is 0 Å². The molecule has 174 valence electrons. The molecule has 3 aromatic rings. The maximum atomic E-state index is 5.17. The van der Waals surface area contributed by atoms with Gasteiger partial charge >= 0.3 is 0 Å². The van der Waals surface area contributed by atoms with Crippen LogP contribution in [0.3, 0.4) is 0 Å². The van der Waals surface area contributed by atoms with Crippen molar-refractivity contribution in [2.24, 2.45) is 5.92 Å². The fraction of sp³-hybridized carbons (Fsp3) is 0.462. The van der Waals surface area contributed by atoms with Crippen LogP contribution in [0.25, 0.3) is 0 Å². The van der Waals surface area contributed by atoms with Crippen molar-refractivity contribution >= 4 is 0 Å². The molecule has 4 rings (SSSR count). The van der Waals surface area contributed by atoms with Gasteiger partial charge in [-0.3, -0.25) is 9.97 Å². The lowest BCUT2D eigenvalue weighted by Crippen LogP contribution is -2.27. The van der Waals surface area contributed by atoms with E-state index in [1.165, 1.54) is 11.1 Å². The molecule has 3 aromatic heterocycles. The number of ether oxygens (including phenoxy) is 2. The van der Waals surface area contributed by atoms with E-state index in [-0.39, 0.29) is 6.29 Å². The molecular weight excluding hydrogens is 400 g/mol. The summed E-state index contributed by atoms with van der Waals surface area (Å²) in [5, 5.41) is 0. The molecule has 1 aliphatic heterocycles. The van der Waals surface area contributed by atoms with Gasteiger partial charge in [0, 0.05) is 42.1 Å². The third-order valence-electron chi connectivity index (χ3n) is 4.46. The minimum Gasteiger partial charge on any atom is -0.353 e. The Kier molecular flexibility index (Phi) is 12.9. The van der Waals surface area contributed by atoms with Crippen LogP contribution in [0.5, 0.6) is 0 Å². The molecule has 6 nitrogen and oxygen atoms in total. The first-order valence-corrected chi connectivity index (χ1v) is 10.9. The minimum absolute atomic E-state index is 0.0196. The highest BCUT2D eigenvalue weighted by molar-refractivity contribution is 5.15. The normalized spacial score (nSPS) is 16.9. The fourth-order valence-electron chi connectivity index (χ4n) is 2.40. The number of aryl methyl sites for hydroxylation is 6. The van der Waals surface area contributed by atoms with Gasteiger partial charge in [0.15, 0.2) is 6.29 Å². The second kappa shape index (κ2) is 15.2. The molecule has 0 atom stereocenters. The maximum Gasteiger partial charge on any atom is 0.154 e. The molecule has 0 aromatic carbocycles. The third-order valence-corrected chi connectivity index (χ3v) is 4.46. The van der Waals surface area contributed by atoms with Gasteiger partial charge in [0.05, 0.1) is 13.2 Å². The van der Waals surface area contributed by atoms with Crippen molar-refractivity contribution in [1.82, 2.24) is 19.9 Å². The predicted molar refractivity (Wildman–Crippen MR) is 129 cm³/mol. The zero-order valence-electron chi connectivity index (χ0n) is 20.8. The Bertz CT molecular complexity index is 823. The average molecular weight is 439 g/mol. The molecule has 0 unspecified atom stereocenters. The van der Waals surface area contributed by atoms with Crippen LogP contribution in [-0.4, -0.2) is 39.4 Å². The van der Waals surface area contributed by atoms with Gasteiger partial charge in [0.25, 0.3) is 0 Å². The van der Waals surface area contributed by atoms with Crippen LogP contribution in [0.15, 0.2) is 49.1 Å². The van der Waals surface area contributed by atoms with E-state index in [0.29, 0.717) is 5.92 Å². The van der Waals surface area contributed by atoms with E-state index < -0.39 is 0 Å². The number of nitrogens with zero attached hydrogens (tertiary/aromatic N) is 4. The van der Waals surface area contributed by atoms with Gasteiger partial charge < -0.3 is 9.47 Å². The van der Waals surface area contributed by atoms with E-state index >= 15 is 0 Å². The Morgan fingerprint density at radius 2 is 1.38 bits per heavy atom. The molecule has 32 heavy (non-hydrogen) atoms. The Balaban J connectivity index is 0.000000213. The molecule has 0 N–H and O–H groups in total. The minimum atomic E-state index is 0.0196. The van der Waals surface area contributed by atoms with Gasteiger partial charge in [-0.15, -0.1) is 0 Å². The maximum absolute atomic E-state index is 5.17. The van der Waals surface area contributed by atoms with E-state index in [1.54, 1.807) is 0 Å². The Hall–Kier alpha value is -2.70. The Morgan fingerprint density at radius 3 is 1.75 bits per heavy atom. The number of pyridine rings is 2. The smallest absolute Gasteiger partial charge is 0.154 e. The Morgan fingerprint density at radius 1 is 0.750 bits per heavy atom. The third kappa shape index (κ3) is 12.9. The average Bonchev–Trinajstić information content (AvgIpc) is 2.76. The molecule has 0 bridgehead atoms. The summed E-state index contributed by atoms with van der Waals surface area (Å²) in [5.74, 6) is 1.40. The van der Waals surface area contributed by atoms with Crippen molar-refractivity contribution in [2.45, 2.75) is 61.7 Å². The second-order valence-electron chi connectivity index (χ2n) is 8.03. The van der Waals surface area contributed by atoms with Crippen molar-refractivity contribution in [1.29, 1.82) is 0 Å². The predicted octanol–water partition coefficient (Wildman–Crippen LogP) is 5.51. The molecule has 1 fully saturated rings. The van der Waals surface area contributed by atoms with Crippen LogP contribution in [0.1, 0.15) is 47.8 Å². The summed E-state index contributed by atoms with van der Waals surface area (Å²) in [7, 11) is 0. The molecular formula is C26H38N4O2. The van der Waals surface area contributed by atoms with Crippen LogP contribution in [0.2, 0.25) is 0 Å². The summed E-state index contributed by atoms with van der Waals surface area (Å²) in [5.41, 5.74) is 5.85. The van der Waals surface area contributed by atoms with Gasteiger partial charge in [-0.25, -0.2) is 9.97 Å². The number of hydrogen-bond acceptors (Lipinski definition) is 6. The summed E-state index contributed by atoms with van der Waals surface area (Å²) in [6, 6.07) is 8.05. The first kappa shape index (κ1) is 27.3. The van der Waals surface area contributed by atoms with Gasteiger partial charge in [-0.2, -0.15) is 0 Å². The van der Waals surface area contributed by atoms with Gasteiger partial charge in [-0.05, 0) is 83.4 Å². The van der Waals surface area contributed by atoms with E-state index in [0.717, 1.165) is 36.0 Å². The zero-order valence-corrected chi connectivity index (χ0v) is 20.8. The summed E-state index contributed by atoms with van der Waals surface area (Å²) < 4.78 is 10.3. The van der Waals surface area contributed by atoms with Crippen molar-refractivity contribution in [3.05, 3.63) is 83.0 Å². The summed E-state index contributed by atoms with van der Waals surface area (Å²) in [6.45, 7) is 17.7. The number of aromatic nitrogens is 4. The van der Waals surface area contributed by atoms with E-state index in [1.807, 2.05) is 71.5 Å². The van der Waals surface area contributed by atoms with Crippen LogP contribution >= 0.6 is 0 Å². The SMILES string of the molecule is CC1COC(C)OC1.Cc1cccnc1C.Cc1ccnc(C)c1.Cc1cnc(C)nc1. The molecule has 6 heteroatoms. The van der Waals surface area contributed by atoms with Crippen molar-refractivity contribution < 1.29 is 9.47 Å². The van der Waals surface area contributed by atoms with Crippen LogP contribution in [-0.2, 0) is 9.47 Å². The molecule has 4 heterocycles. The summed E-state index contributed by atoms with van der Waals surface area (Å²) in [6.07, 6.45) is 7.27. The van der Waals surface area contributed by atoms with Gasteiger partial charge in [-0.1, -0.05) is 13.0 Å². The highest BCUT2D eigenvalue weighted by atomic mass is 16.7. The van der Waals surface area contributed by atoms with Gasteiger partial charge in [0.1, 0.15) is 5.82 Å². The molecule has 1 aliphatic rings. The number of hydrogen-bond donors (Lipinski definition) is 0. The monoisotopic (exact) mass is 438 g/mol.